The zero-order chi connectivity index (χ0) is 16.7. The van der Waals surface area contributed by atoms with Crippen LogP contribution in [0.4, 0.5) is 0 Å². The zero-order valence-corrected chi connectivity index (χ0v) is 15.4. The lowest BCUT2D eigenvalue weighted by molar-refractivity contribution is -0.120. The number of hydrogen-bond donors (Lipinski definition) is 0. The molecule has 1 aliphatic carbocycles. The molecule has 0 N–H and O–H groups in total. The van der Waals surface area contributed by atoms with Crippen molar-refractivity contribution in [2.45, 2.75) is 42.8 Å². The molecular weight excluding hydrogens is 364 g/mol. The number of carbonyl (C=O) groups is 1. The predicted molar refractivity (Wildman–Crippen MR) is 100 cm³/mol. The van der Waals surface area contributed by atoms with Crippen molar-refractivity contribution in [1.82, 2.24) is 0 Å². The number of ether oxygens (including phenoxy) is 1. The third-order valence-electron chi connectivity index (χ3n) is 5.24. The highest BCUT2D eigenvalue weighted by atomic mass is 79.9. The molecule has 1 heterocycles. The normalized spacial score (nSPS) is 26.6. The molecule has 2 aromatic carbocycles. The number of carbonyl (C=O) groups excluding carboxylic acids is 1. The van der Waals surface area contributed by atoms with Crippen LogP contribution < -0.4 is 0 Å². The van der Waals surface area contributed by atoms with Gasteiger partial charge in [0.1, 0.15) is 4.32 Å². The summed E-state index contributed by atoms with van der Waals surface area (Å²) in [5.41, 5.74) is 2.40. The quantitative estimate of drug-likeness (QED) is 0.652. The summed E-state index contributed by atoms with van der Waals surface area (Å²) in [5.74, 6) is 0.840. The van der Waals surface area contributed by atoms with E-state index in [1.807, 2.05) is 0 Å². The maximum atomic E-state index is 13.1. The SMILES string of the molecule is CCC[C@]1(Br)C(=O)C2=C(CCCO2)[C@@H]1c1ccc2ccccc2c1. The van der Waals surface area contributed by atoms with E-state index in [4.69, 9.17) is 4.74 Å². The van der Waals surface area contributed by atoms with Crippen LogP contribution in [-0.4, -0.2) is 16.7 Å². The minimum atomic E-state index is -0.556. The van der Waals surface area contributed by atoms with E-state index >= 15 is 0 Å². The Bertz CT molecular complexity index is 839. The van der Waals surface area contributed by atoms with E-state index in [1.165, 1.54) is 21.9 Å². The van der Waals surface area contributed by atoms with Crippen LogP contribution in [-0.2, 0) is 9.53 Å². The van der Waals surface area contributed by atoms with Gasteiger partial charge in [-0.05, 0) is 41.2 Å². The van der Waals surface area contributed by atoms with Crippen molar-refractivity contribution in [3.63, 3.8) is 0 Å². The van der Waals surface area contributed by atoms with E-state index < -0.39 is 4.32 Å². The van der Waals surface area contributed by atoms with Crippen molar-refractivity contribution in [2.24, 2.45) is 0 Å². The Morgan fingerprint density at radius 1 is 1.21 bits per heavy atom. The second-order valence-electron chi connectivity index (χ2n) is 6.79. The standard InChI is InChI=1S/C21H21BrO2/c1-2-11-21(22)18(17-8-5-12-24-19(17)20(21)23)16-10-9-14-6-3-4-7-15(14)13-16/h3-4,6-7,9-10,13,18H,2,5,8,11-12H2,1H3/t18-,21+/m0/s1. The predicted octanol–water partition coefficient (Wildman–Crippen LogP) is 5.50. The van der Waals surface area contributed by atoms with Gasteiger partial charge in [0.2, 0.25) is 5.78 Å². The van der Waals surface area contributed by atoms with Crippen LogP contribution in [0.15, 0.2) is 53.8 Å². The first-order valence-corrected chi connectivity index (χ1v) is 9.52. The van der Waals surface area contributed by atoms with Crippen molar-refractivity contribution < 1.29 is 9.53 Å². The Labute approximate surface area is 151 Å². The van der Waals surface area contributed by atoms with E-state index in [0.717, 1.165) is 25.7 Å². The molecule has 0 bridgehead atoms. The molecule has 0 amide bonds. The number of fused-ring (bicyclic) bond motifs is 1. The van der Waals surface area contributed by atoms with Crippen LogP contribution >= 0.6 is 15.9 Å². The number of halogens is 1. The van der Waals surface area contributed by atoms with E-state index in [1.54, 1.807) is 0 Å². The molecule has 2 aromatic rings. The lowest BCUT2D eigenvalue weighted by atomic mass is 9.80. The van der Waals surface area contributed by atoms with Crippen LogP contribution in [0.5, 0.6) is 0 Å². The van der Waals surface area contributed by atoms with Crippen LogP contribution in [0.3, 0.4) is 0 Å². The Balaban J connectivity index is 1.87. The van der Waals surface area contributed by atoms with Gasteiger partial charge in [0, 0.05) is 5.92 Å². The molecule has 0 saturated heterocycles. The number of benzene rings is 2. The van der Waals surface area contributed by atoms with E-state index in [9.17, 15) is 4.79 Å². The second kappa shape index (κ2) is 6.03. The molecular formula is C21H21BrO2. The van der Waals surface area contributed by atoms with Gasteiger partial charge in [-0.2, -0.15) is 0 Å². The summed E-state index contributed by atoms with van der Waals surface area (Å²) in [5, 5.41) is 2.45. The maximum absolute atomic E-state index is 13.1. The monoisotopic (exact) mass is 384 g/mol. The van der Waals surface area contributed by atoms with Crippen molar-refractivity contribution in [3.05, 3.63) is 59.4 Å². The molecule has 4 rings (SSSR count). The van der Waals surface area contributed by atoms with Gasteiger partial charge in [0.15, 0.2) is 5.76 Å². The smallest absolute Gasteiger partial charge is 0.214 e. The lowest BCUT2D eigenvalue weighted by Crippen LogP contribution is -2.34. The Hall–Kier alpha value is -1.61. The number of allylic oxidation sites excluding steroid dienone is 2. The number of ketones is 1. The largest absolute Gasteiger partial charge is 0.490 e. The van der Waals surface area contributed by atoms with Crippen molar-refractivity contribution in [3.8, 4) is 0 Å². The molecule has 2 atom stereocenters. The van der Waals surface area contributed by atoms with Crippen LogP contribution in [0, 0.1) is 0 Å². The van der Waals surface area contributed by atoms with E-state index in [2.05, 4.69) is 65.3 Å². The molecule has 2 aliphatic rings. The van der Waals surface area contributed by atoms with Gasteiger partial charge in [-0.3, -0.25) is 4.79 Å². The molecule has 0 spiro atoms. The molecule has 3 heteroatoms. The summed E-state index contributed by atoms with van der Waals surface area (Å²) in [6, 6.07) is 15.0. The van der Waals surface area contributed by atoms with Crippen molar-refractivity contribution in [1.29, 1.82) is 0 Å². The van der Waals surface area contributed by atoms with Gasteiger partial charge in [-0.15, -0.1) is 0 Å². The van der Waals surface area contributed by atoms with Crippen molar-refractivity contribution in [2.75, 3.05) is 6.61 Å². The Morgan fingerprint density at radius 2 is 2.00 bits per heavy atom. The summed E-state index contributed by atoms with van der Waals surface area (Å²) < 4.78 is 5.24. The molecule has 0 unspecified atom stereocenters. The minimum absolute atomic E-state index is 0.0739. The second-order valence-corrected chi connectivity index (χ2v) is 8.20. The number of Topliss-reactive ketones (excluding diaryl/α,β-unsaturated/α-hetero) is 1. The summed E-state index contributed by atoms with van der Waals surface area (Å²) in [4.78, 5) is 13.1. The van der Waals surface area contributed by atoms with Crippen molar-refractivity contribution >= 4 is 32.5 Å². The summed E-state index contributed by atoms with van der Waals surface area (Å²) in [6.45, 7) is 2.79. The molecule has 24 heavy (non-hydrogen) atoms. The number of alkyl halides is 1. The molecule has 0 radical (unpaired) electrons. The first-order chi connectivity index (χ1) is 11.6. The van der Waals surface area contributed by atoms with Crippen LogP contribution in [0.25, 0.3) is 10.8 Å². The lowest BCUT2D eigenvalue weighted by Gasteiger charge is -2.30. The first kappa shape index (κ1) is 15.9. The Kier molecular flexibility index (Phi) is 4.00. The molecule has 0 fully saturated rings. The molecule has 1 aliphatic heterocycles. The van der Waals surface area contributed by atoms with Gasteiger partial charge in [0.05, 0.1) is 6.61 Å². The van der Waals surface area contributed by atoms with E-state index in [-0.39, 0.29) is 11.7 Å². The van der Waals surface area contributed by atoms with Crippen LogP contribution in [0.2, 0.25) is 0 Å². The average molecular weight is 385 g/mol. The van der Waals surface area contributed by atoms with Crippen LogP contribution in [0.1, 0.15) is 44.1 Å². The minimum Gasteiger partial charge on any atom is -0.490 e. The molecule has 124 valence electrons. The third-order valence-corrected chi connectivity index (χ3v) is 6.45. The summed E-state index contributed by atoms with van der Waals surface area (Å²) >= 11 is 3.86. The zero-order valence-electron chi connectivity index (χ0n) is 13.8. The summed E-state index contributed by atoms with van der Waals surface area (Å²) in [7, 11) is 0. The van der Waals surface area contributed by atoms with Gasteiger partial charge in [-0.1, -0.05) is 71.7 Å². The van der Waals surface area contributed by atoms with Gasteiger partial charge in [0.25, 0.3) is 0 Å². The fourth-order valence-corrected chi connectivity index (χ4v) is 5.32. The summed E-state index contributed by atoms with van der Waals surface area (Å²) in [6.07, 6.45) is 3.72. The first-order valence-electron chi connectivity index (χ1n) is 8.73. The highest BCUT2D eigenvalue weighted by Crippen LogP contribution is 2.54. The van der Waals surface area contributed by atoms with E-state index in [0.29, 0.717) is 12.4 Å². The molecule has 2 nitrogen and oxygen atoms in total. The van der Waals surface area contributed by atoms with Gasteiger partial charge in [-0.25, -0.2) is 0 Å². The fraction of sp³-hybridized carbons (Fsp3) is 0.381. The van der Waals surface area contributed by atoms with Gasteiger partial charge >= 0.3 is 0 Å². The third kappa shape index (κ3) is 2.33. The molecule has 0 aromatic heterocycles. The highest BCUT2D eigenvalue weighted by molar-refractivity contribution is 9.10. The average Bonchev–Trinajstić information content (AvgIpc) is 2.83. The highest BCUT2D eigenvalue weighted by Gasteiger charge is 2.54. The van der Waals surface area contributed by atoms with Gasteiger partial charge < -0.3 is 4.74 Å². The Morgan fingerprint density at radius 3 is 2.79 bits per heavy atom. The topological polar surface area (TPSA) is 26.3 Å². The maximum Gasteiger partial charge on any atom is 0.214 e. The fourth-order valence-electron chi connectivity index (χ4n) is 4.20. The number of hydrogen-bond acceptors (Lipinski definition) is 2. The number of rotatable bonds is 3. The molecule has 0 saturated carbocycles.